The number of pyridine rings is 1. The Labute approximate surface area is 178 Å². The third-order valence-corrected chi connectivity index (χ3v) is 8.27. The van der Waals surface area contributed by atoms with Gasteiger partial charge in [0.25, 0.3) is 5.56 Å². The van der Waals surface area contributed by atoms with E-state index in [1.807, 2.05) is 0 Å². The van der Waals surface area contributed by atoms with E-state index in [0.717, 1.165) is 12.8 Å². The molecule has 0 bridgehead atoms. The number of furan rings is 1. The maximum absolute atomic E-state index is 13.5. The van der Waals surface area contributed by atoms with Crippen LogP contribution in [0.3, 0.4) is 0 Å². The van der Waals surface area contributed by atoms with Crippen LogP contribution in [0.25, 0.3) is 10.8 Å². The summed E-state index contributed by atoms with van der Waals surface area (Å²) in [6.07, 6.45) is 6.16. The van der Waals surface area contributed by atoms with E-state index < -0.39 is 27.1 Å². The van der Waals surface area contributed by atoms with Crippen molar-refractivity contribution in [3.8, 4) is 0 Å². The van der Waals surface area contributed by atoms with Crippen molar-refractivity contribution < 1.29 is 22.4 Å². The van der Waals surface area contributed by atoms with E-state index in [-0.39, 0.29) is 28.6 Å². The number of hydrogen-bond acceptors (Lipinski definition) is 7. The Kier molecular flexibility index (Phi) is 4.54. The number of rotatable bonds is 5. The number of hydrogen-bond donors (Lipinski definition) is 1. The van der Waals surface area contributed by atoms with Crippen molar-refractivity contribution in [3.63, 3.8) is 0 Å². The quantitative estimate of drug-likeness (QED) is 0.595. The number of esters is 1. The minimum atomic E-state index is -3.82. The van der Waals surface area contributed by atoms with Gasteiger partial charge in [0.1, 0.15) is 6.26 Å². The highest BCUT2D eigenvalue weighted by atomic mass is 32.2. The van der Waals surface area contributed by atoms with Gasteiger partial charge >= 0.3 is 5.97 Å². The van der Waals surface area contributed by atoms with Crippen LogP contribution in [0.4, 0.5) is 0 Å². The molecule has 1 atom stereocenters. The number of carbonyl (C=O) groups is 1. The van der Waals surface area contributed by atoms with Gasteiger partial charge in [0, 0.05) is 29.6 Å². The van der Waals surface area contributed by atoms with Crippen LogP contribution in [0.5, 0.6) is 0 Å². The zero-order valence-electron chi connectivity index (χ0n) is 16.6. The lowest BCUT2D eigenvalue weighted by molar-refractivity contribution is 0.0366. The van der Waals surface area contributed by atoms with E-state index >= 15 is 0 Å². The third-order valence-electron chi connectivity index (χ3n) is 6.23. The minimum Gasteiger partial charge on any atom is -0.472 e. The lowest BCUT2D eigenvalue weighted by Gasteiger charge is -2.26. The van der Waals surface area contributed by atoms with Gasteiger partial charge in [-0.1, -0.05) is 6.07 Å². The molecule has 1 aliphatic carbocycles. The molecule has 1 unspecified atom stereocenters. The Bertz CT molecular complexity index is 1320. The van der Waals surface area contributed by atoms with Gasteiger partial charge in [-0.25, -0.2) is 13.2 Å². The molecule has 2 aromatic heterocycles. The molecule has 5 rings (SSSR count). The number of aromatic nitrogens is 1. The van der Waals surface area contributed by atoms with Gasteiger partial charge in [0.2, 0.25) is 10.0 Å². The molecule has 31 heavy (non-hydrogen) atoms. The second kappa shape index (κ2) is 7.04. The van der Waals surface area contributed by atoms with E-state index in [4.69, 9.17) is 14.9 Å². The molecule has 1 saturated heterocycles. The topological polar surface area (TPSA) is 125 Å². The summed E-state index contributed by atoms with van der Waals surface area (Å²) in [6.45, 7) is 0.0702. The van der Waals surface area contributed by atoms with E-state index in [2.05, 4.69) is 0 Å². The lowest BCUT2D eigenvalue weighted by Crippen LogP contribution is -2.44. The molecule has 3 heterocycles. The molecule has 1 aliphatic heterocycles. The molecule has 1 saturated carbocycles. The SMILES string of the molecule is NC1CCN(S(=O)(=O)c2cccc3c(=O)n(COC(=O)c4ccoc4)ccc23)C12CC2. The largest absolute Gasteiger partial charge is 0.472 e. The van der Waals surface area contributed by atoms with Crippen molar-refractivity contribution in [1.82, 2.24) is 8.87 Å². The number of nitrogens with zero attached hydrogens (tertiary/aromatic N) is 2. The first-order chi connectivity index (χ1) is 14.8. The normalized spacial score (nSPS) is 20.4. The fourth-order valence-corrected chi connectivity index (χ4v) is 6.45. The number of fused-ring (bicyclic) bond motifs is 1. The van der Waals surface area contributed by atoms with Crippen molar-refractivity contribution in [3.05, 3.63) is 65.0 Å². The molecule has 1 spiro atoms. The first kappa shape index (κ1) is 20.0. The second-order valence-corrected chi connectivity index (χ2v) is 9.79. The van der Waals surface area contributed by atoms with E-state index in [1.54, 1.807) is 18.2 Å². The van der Waals surface area contributed by atoms with Crippen LogP contribution in [-0.4, -0.2) is 41.4 Å². The number of ether oxygens (including phenoxy) is 1. The first-order valence-corrected chi connectivity index (χ1v) is 11.4. The molecule has 1 aromatic carbocycles. The van der Waals surface area contributed by atoms with E-state index in [1.165, 1.54) is 39.7 Å². The van der Waals surface area contributed by atoms with Gasteiger partial charge in [-0.05, 0) is 43.5 Å². The monoisotopic (exact) mass is 443 g/mol. The summed E-state index contributed by atoms with van der Waals surface area (Å²) in [5.74, 6) is -0.628. The molecule has 3 aromatic rings. The fourth-order valence-electron chi connectivity index (χ4n) is 4.37. The molecular weight excluding hydrogens is 422 g/mol. The fraction of sp³-hybridized carbons (Fsp3) is 0.333. The maximum Gasteiger partial charge on any atom is 0.343 e. The van der Waals surface area contributed by atoms with Crippen LogP contribution in [0.15, 0.2) is 63.2 Å². The van der Waals surface area contributed by atoms with Crippen LogP contribution < -0.4 is 11.3 Å². The zero-order chi connectivity index (χ0) is 21.8. The highest BCUT2D eigenvalue weighted by Gasteiger charge is 2.60. The first-order valence-electron chi connectivity index (χ1n) is 9.94. The number of benzene rings is 1. The second-order valence-electron chi connectivity index (χ2n) is 7.96. The summed E-state index contributed by atoms with van der Waals surface area (Å²) in [5.41, 5.74) is 5.48. The molecule has 9 nitrogen and oxygen atoms in total. The van der Waals surface area contributed by atoms with Crippen molar-refractivity contribution in [1.29, 1.82) is 0 Å². The van der Waals surface area contributed by atoms with Crippen molar-refractivity contribution in [2.75, 3.05) is 6.54 Å². The molecule has 2 fully saturated rings. The van der Waals surface area contributed by atoms with Gasteiger partial charge in [-0.3, -0.25) is 9.36 Å². The van der Waals surface area contributed by atoms with Gasteiger partial charge in [-0.2, -0.15) is 4.31 Å². The highest BCUT2D eigenvalue weighted by molar-refractivity contribution is 7.89. The Hall–Kier alpha value is -2.95. The summed E-state index contributed by atoms with van der Waals surface area (Å²) in [6, 6.07) is 7.48. The smallest absolute Gasteiger partial charge is 0.343 e. The lowest BCUT2D eigenvalue weighted by atomic mass is 10.1. The van der Waals surface area contributed by atoms with E-state index in [0.29, 0.717) is 18.4 Å². The average Bonchev–Trinajstić information content (AvgIpc) is 3.21. The highest BCUT2D eigenvalue weighted by Crippen LogP contribution is 2.51. The zero-order valence-corrected chi connectivity index (χ0v) is 17.4. The van der Waals surface area contributed by atoms with E-state index in [9.17, 15) is 18.0 Å². The Balaban J connectivity index is 1.48. The summed E-state index contributed by atoms with van der Waals surface area (Å²) >= 11 is 0. The van der Waals surface area contributed by atoms with Gasteiger partial charge < -0.3 is 14.9 Å². The molecule has 0 radical (unpaired) electrons. The van der Waals surface area contributed by atoms with Crippen molar-refractivity contribution >= 4 is 26.8 Å². The summed E-state index contributed by atoms with van der Waals surface area (Å²) in [5, 5.41) is 0.567. The Morgan fingerprint density at radius 2 is 2.03 bits per heavy atom. The summed E-state index contributed by atoms with van der Waals surface area (Å²) in [7, 11) is -3.82. The number of sulfonamides is 1. The Morgan fingerprint density at radius 3 is 2.74 bits per heavy atom. The minimum absolute atomic E-state index is 0.0880. The van der Waals surface area contributed by atoms with Crippen LogP contribution in [0.1, 0.15) is 29.6 Å². The van der Waals surface area contributed by atoms with Crippen molar-refractivity contribution in [2.24, 2.45) is 5.73 Å². The number of carbonyl (C=O) groups excluding carboxylic acids is 1. The molecule has 162 valence electrons. The van der Waals surface area contributed by atoms with Gasteiger partial charge in [0.05, 0.1) is 22.3 Å². The molecule has 2 aliphatic rings. The van der Waals surface area contributed by atoms with Crippen LogP contribution in [0.2, 0.25) is 0 Å². The number of nitrogens with two attached hydrogens (primary N) is 1. The van der Waals surface area contributed by atoms with Crippen molar-refractivity contribution in [2.45, 2.75) is 42.5 Å². The van der Waals surface area contributed by atoms with Crippen LogP contribution >= 0.6 is 0 Å². The van der Waals surface area contributed by atoms with Crippen LogP contribution in [0, 0.1) is 0 Å². The average molecular weight is 443 g/mol. The molecule has 10 heteroatoms. The third kappa shape index (κ3) is 3.10. The molecular formula is C21H21N3O6S. The Morgan fingerprint density at radius 1 is 1.23 bits per heavy atom. The van der Waals surface area contributed by atoms with Gasteiger partial charge in [-0.15, -0.1) is 0 Å². The van der Waals surface area contributed by atoms with Gasteiger partial charge in [0.15, 0.2) is 6.73 Å². The summed E-state index contributed by atoms with van der Waals surface area (Å²) < 4.78 is 39.7. The predicted molar refractivity (Wildman–Crippen MR) is 111 cm³/mol. The van der Waals surface area contributed by atoms with Crippen LogP contribution in [-0.2, 0) is 21.5 Å². The molecule has 0 amide bonds. The maximum atomic E-state index is 13.5. The molecule has 2 N–H and O–H groups in total. The summed E-state index contributed by atoms with van der Waals surface area (Å²) in [4.78, 5) is 25.0. The predicted octanol–water partition coefficient (Wildman–Crippen LogP) is 1.66. The standard InChI is InChI=1S/C21H21N3O6S/c22-18-5-10-24(21(18)7-8-21)31(27,28)17-3-1-2-16-15(17)4-9-23(19(16)25)13-30-20(26)14-6-11-29-12-14/h1-4,6,9,11-12,18H,5,7-8,10,13,22H2.